The van der Waals surface area contributed by atoms with Crippen molar-refractivity contribution in [3.8, 4) is 0 Å². The monoisotopic (exact) mass is 214 g/mol. The Morgan fingerprint density at radius 2 is 2.20 bits per heavy atom. The van der Waals surface area contributed by atoms with Crippen LogP contribution in [0.25, 0.3) is 0 Å². The first-order valence-corrected chi connectivity index (χ1v) is 5.80. The van der Waals surface area contributed by atoms with Crippen molar-refractivity contribution in [1.29, 1.82) is 0 Å². The molecule has 15 heavy (non-hydrogen) atoms. The second-order valence-corrected chi connectivity index (χ2v) is 4.42. The fraction of sp³-hybridized carbons (Fsp3) is 0.909. The highest BCUT2D eigenvalue weighted by Gasteiger charge is 2.38. The summed E-state index contributed by atoms with van der Waals surface area (Å²) in [7, 11) is 0. The quantitative estimate of drug-likeness (QED) is 0.731. The minimum Gasteiger partial charge on any atom is -0.480 e. The summed E-state index contributed by atoms with van der Waals surface area (Å²) < 4.78 is 0. The molecule has 1 unspecified atom stereocenters. The van der Waals surface area contributed by atoms with E-state index < -0.39 is 11.5 Å². The number of carboxylic acid groups (broad SMARTS) is 1. The van der Waals surface area contributed by atoms with E-state index in [1.807, 2.05) is 13.8 Å². The summed E-state index contributed by atoms with van der Waals surface area (Å²) in [5.74, 6) is -0.689. The topological polar surface area (TPSA) is 52.6 Å². The van der Waals surface area contributed by atoms with Crippen molar-refractivity contribution >= 4 is 5.97 Å². The highest BCUT2D eigenvalue weighted by molar-refractivity contribution is 5.78. The molecule has 0 aliphatic carbocycles. The third kappa shape index (κ3) is 2.92. The predicted octanol–water partition coefficient (Wildman–Crippen LogP) is 0.925. The molecule has 0 aromatic rings. The Kier molecular flexibility index (Phi) is 4.54. The average Bonchev–Trinajstić information content (AvgIpc) is 2.45. The Balaban J connectivity index is 2.72. The molecule has 0 aromatic carbocycles. The summed E-state index contributed by atoms with van der Waals surface area (Å²) in [5.41, 5.74) is -0.680. The van der Waals surface area contributed by atoms with Crippen LogP contribution in [0, 0.1) is 0 Å². The van der Waals surface area contributed by atoms with Gasteiger partial charge in [0.15, 0.2) is 0 Å². The molecule has 88 valence electrons. The molecule has 1 rings (SSSR count). The first-order chi connectivity index (χ1) is 7.11. The number of aliphatic carboxylic acids is 1. The van der Waals surface area contributed by atoms with Crippen LogP contribution < -0.4 is 5.32 Å². The van der Waals surface area contributed by atoms with E-state index >= 15 is 0 Å². The van der Waals surface area contributed by atoms with E-state index in [0.717, 1.165) is 45.4 Å². The lowest BCUT2D eigenvalue weighted by Gasteiger charge is -2.37. The van der Waals surface area contributed by atoms with Gasteiger partial charge in [0.25, 0.3) is 0 Å². The summed E-state index contributed by atoms with van der Waals surface area (Å²) >= 11 is 0. The lowest BCUT2D eigenvalue weighted by atomic mass is 9.93. The second kappa shape index (κ2) is 5.47. The van der Waals surface area contributed by atoms with E-state index in [9.17, 15) is 9.90 Å². The van der Waals surface area contributed by atoms with Crippen LogP contribution in [-0.4, -0.2) is 47.7 Å². The second-order valence-electron chi connectivity index (χ2n) is 4.42. The molecule has 0 bridgehead atoms. The van der Waals surface area contributed by atoms with Gasteiger partial charge in [-0.05, 0) is 26.3 Å². The number of hydrogen-bond acceptors (Lipinski definition) is 3. The minimum atomic E-state index is -0.689. The molecule has 1 atom stereocenters. The minimum absolute atomic E-state index is 0.680. The first-order valence-electron chi connectivity index (χ1n) is 5.80. The molecule has 1 fully saturated rings. The average molecular weight is 214 g/mol. The van der Waals surface area contributed by atoms with Crippen molar-refractivity contribution < 1.29 is 9.90 Å². The van der Waals surface area contributed by atoms with Gasteiger partial charge in [-0.1, -0.05) is 13.3 Å². The molecule has 0 spiro atoms. The molecule has 1 aliphatic rings. The Morgan fingerprint density at radius 1 is 1.47 bits per heavy atom. The third-order valence-corrected chi connectivity index (χ3v) is 3.24. The molecule has 0 aromatic heterocycles. The lowest BCUT2D eigenvalue weighted by molar-refractivity contribution is -0.151. The SMILES string of the molecule is CCCC(C)(C(=O)O)N1CCCNCC1. The largest absolute Gasteiger partial charge is 0.480 e. The first kappa shape index (κ1) is 12.5. The number of nitrogens with zero attached hydrogens (tertiary/aromatic N) is 1. The van der Waals surface area contributed by atoms with E-state index in [4.69, 9.17) is 0 Å². The molecule has 4 nitrogen and oxygen atoms in total. The Labute approximate surface area is 91.6 Å². The molecule has 0 radical (unpaired) electrons. The smallest absolute Gasteiger partial charge is 0.323 e. The summed E-state index contributed by atoms with van der Waals surface area (Å²) in [6.07, 6.45) is 2.67. The Hall–Kier alpha value is -0.610. The molecule has 1 aliphatic heterocycles. The molecule has 0 amide bonds. The molecule has 1 heterocycles. The van der Waals surface area contributed by atoms with Gasteiger partial charge in [-0.3, -0.25) is 9.69 Å². The normalized spacial score (nSPS) is 23.1. The fourth-order valence-electron chi connectivity index (χ4n) is 2.23. The third-order valence-electron chi connectivity index (χ3n) is 3.24. The van der Waals surface area contributed by atoms with Crippen LogP contribution in [0.15, 0.2) is 0 Å². The number of hydrogen-bond donors (Lipinski definition) is 2. The van der Waals surface area contributed by atoms with Crippen molar-refractivity contribution in [2.24, 2.45) is 0 Å². The van der Waals surface area contributed by atoms with Crippen LogP contribution in [0.1, 0.15) is 33.1 Å². The van der Waals surface area contributed by atoms with E-state index in [2.05, 4.69) is 10.2 Å². The Bertz CT molecular complexity index is 213. The van der Waals surface area contributed by atoms with Crippen LogP contribution >= 0.6 is 0 Å². The number of rotatable bonds is 4. The van der Waals surface area contributed by atoms with Crippen LogP contribution in [0.3, 0.4) is 0 Å². The van der Waals surface area contributed by atoms with Gasteiger partial charge in [-0.25, -0.2) is 0 Å². The molecule has 4 heteroatoms. The lowest BCUT2D eigenvalue weighted by Crippen LogP contribution is -2.53. The van der Waals surface area contributed by atoms with Gasteiger partial charge in [0, 0.05) is 19.6 Å². The van der Waals surface area contributed by atoms with Crippen molar-refractivity contribution in [1.82, 2.24) is 10.2 Å². The van der Waals surface area contributed by atoms with Gasteiger partial charge in [0.05, 0.1) is 0 Å². The van der Waals surface area contributed by atoms with Crippen molar-refractivity contribution in [3.63, 3.8) is 0 Å². The molecule has 1 saturated heterocycles. The fourth-order valence-corrected chi connectivity index (χ4v) is 2.23. The summed E-state index contributed by atoms with van der Waals surface area (Å²) in [6, 6.07) is 0. The van der Waals surface area contributed by atoms with Crippen molar-refractivity contribution in [2.45, 2.75) is 38.6 Å². The zero-order valence-electron chi connectivity index (χ0n) is 9.75. The standard InChI is InChI=1S/C11H22N2O2/c1-3-5-11(2,10(14)15)13-8-4-6-12-7-9-13/h12H,3-9H2,1-2H3,(H,14,15). The maximum atomic E-state index is 11.4. The maximum absolute atomic E-state index is 11.4. The van der Waals surface area contributed by atoms with Gasteiger partial charge in [0.2, 0.25) is 0 Å². The van der Waals surface area contributed by atoms with Gasteiger partial charge >= 0.3 is 5.97 Å². The Morgan fingerprint density at radius 3 is 2.80 bits per heavy atom. The van der Waals surface area contributed by atoms with Crippen LogP contribution in [0.5, 0.6) is 0 Å². The zero-order valence-corrected chi connectivity index (χ0v) is 9.75. The summed E-state index contributed by atoms with van der Waals surface area (Å²) in [4.78, 5) is 13.5. The summed E-state index contributed by atoms with van der Waals surface area (Å²) in [5, 5.41) is 12.6. The number of carbonyl (C=O) groups is 1. The van der Waals surface area contributed by atoms with Gasteiger partial charge < -0.3 is 10.4 Å². The van der Waals surface area contributed by atoms with Crippen LogP contribution in [0.4, 0.5) is 0 Å². The molecular formula is C11H22N2O2. The van der Waals surface area contributed by atoms with E-state index in [1.165, 1.54) is 0 Å². The van der Waals surface area contributed by atoms with E-state index in [0.29, 0.717) is 0 Å². The van der Waals surface area contributed by atoms with Crippen LogP contribution in [-0.2, 0) is 4.79 Å². The predicted molar refractivity (Wildman–Crippen MR) is 60.0 cm³/mol. The molecule has 0 saturated carbocycles. The number of nitrogens with one attached hydrogen (secondary N) is 1. The summed E-state index contributed by atoms with van der Waals surface area (Å²) in [6.45, 7) is 7.50. The highest BCUT2D eigenvalue weighted by atomic mass is 16.4. The number of carboxylic acids is 1. The van der Waals surface area contributed by atoms with E-state index in [-0.39, 0.29) is 0 Å². The maximum Gasteiger partial charge on any atom is 0.323 e. The van der Waals surface area contributed by atoms with Gasteiger partial charge in [-0.2, -0.15) is 0 Å². The van der Waals surface area contributed by atoms with E-state index in [1.54, 1.807) is 0 Å². The van der Waals surface area contributed by atoms with Crippen molar-refractivity contribution in [2.75, 3.05) is 26.2 Å². The molecular weight excluding hydrogens is 192 g/mol. The van der Waals surface area contributed by atoms with Crippen molar-refractivity contribution in [3.05, 3.63) is 0 Å². The van der Waals surface area contributed by atoms with Crippen LogP contribution in [0.2, 0.25) is 0 Å². The zero-order chi connectivity index (χ0) is 11.3. The van der Waals surface area contributed by atoms with Gasteiger partial charge in [-0.15, -0.1) is 0 Å². The molecule has 2 N–H and O–H groups in total. The highest BCUT2D eigenvalue weighted by Crippen LogP contribution is 2.22. The van der Waals surface area contributed by atoms with Gasteiger partial charge in [0.1, 0.15) is 5.54 Å².